The van der Waals surface area contributed by atoms with Gasteiger partial charge in [0.05, 0.1) is 6.61 Å². The second-order valence-electron chi connectivity index (χ2n) is 4.13. The lowest BCUT2D eigenvalue weighted by Gasteiger charge is -2.12. The summed E-state index contributed by atoms with van der Waals surface area (Å²) in [6.07, 6.45) is 2.58. The molecule has 3 heteroatoms. The molecular formula is C13H20N2O. The van der Waals surface area contributed by atoms with Crippen LogP contribution in [0.25, 0.3) is 0 Å². The van der Waals surface area contributed by atoms with E-state index >= 15 is 0 Å². The maximum Gasteiger partial charge on any atom is 0.119 e. The highest BCUT2D eigenvalue weighted by molar-refractivity contribution is 5.46. The molecule has 0 bridgehead atoms. The van der Waals surface area contributed by atoms with E-state index in [1.165, 1.54) is 12.8 Å². The van der Waals surface area contributed by atoms with Gasteiger partial charge in [0.25, 0.3) is 0 Å². The number of nitrogens with one attached hydrogen (secondary N) is 2. The normalized spacial score (nSPS) is 19.7. The predicted octanol–water partition coefficient (Wildman–Crippen LogP) is 2.25. The molecule has 0 amide bonds. The van der Waals surface area contributed by atoms with Crippen LogP contribution < -0.4 is 15.4 Å². The summed E-state index contributed by atoms with van der Waals surface area (Å²) in [4.78, 5) is 0. The van der Waals surface area contributed by atoms with Crippen LogP contribution >= 0.6 is 0 Å². The third-order valence-electron chi connectivity index (χ3n) is 2.88. The molecule has 0 radical (unpaired) electrons. The molecule has 0 spiro atoms. The lowest BCUT2D eigenvalue weighted by atomic mass is 10.2. The molecule has 1 aliphatic rings. The molecule has 1 aromatic rings. The molecule has 3 nitrogen and oxygen atoms in total. The average Bonchev–Trinajstić information content (AvgIpc) is 2.82. The van der Waals surface area contributed by atoms with Gasteiger partial charge in [0.1, 0.15) is 5.75 Å². The van der Waals surface area contributed by atoms with Crippen molar-refractivity contribution in [2.45, 2.75) is 25.8 Å². The van der Waals surface area contributed by atoms with Crippen molar-refractivity contribution in [3.05, 3.63) is 24.3 Å². The Labute approximate surface area is 97.2 Å². The minimum atomic E-state index is 0.631. The summed E-state index contributed by atoms with van der Waals surface area (Å²) in [7, 11) is 0. The number of anilines is 1. The summed E-state index contributed by atoms with van der Waals surface area (Å²) < 4.78 is 5.40. The van der Waals surface area contributed by atoms with Crippen LogP contribution in [0.1, 0.15) is 19.8 Å². The molecule has 0 aliphatic carbocycles. The molecule has 1 saturated heterocycles. The summed E-state index contributed by atoms with van der Waals surface area (Å²) in [6, 6.07) is 8.79. The van der Waals surface area contributed by atoms with Crippen molar-refractivity contribution in [2.24, 2.45) is 0 Å². The molecule has 88 valence electrons. The van der Waals surface area contributed by atoms with Gasteiger partial charge in [0.2, 0.25) is 0 Å². The van der Waals surface area contributed by atoms with E-state index in [1.54, 1.807) is 0 Å². The fraction of sp³-hybridized carbons (Fsp3) is 0.538. The zero-order valence-electron chi connectivity index (χ0n) is 9.83. The van der Waals surface area contributed by atoms with Gasteiger partial charge in [-0.2, -0.15) is 0 Å². The fourth-order valence-corrected chi connectivity index (χ4v) is 2.01. The van der Waals surface area contributed by atoms with Gasteiger partial charge in [0.15, 0.2) is 0 Å². The molecular weight excluding hydrogens is 200 g/mol. The summed E-state index contributed by atoms with van der Waals surface area (Å²) in [5.74, 6) is 0.937. The minimum Gasteiger partial charge on any atom is -0.494 e. The topological polar surface area (TPSA) is 33.3 Å². The molecule has 1 atom stereocenters. The Morgan fingerprint density at radius 2 is 2.19 bits per heavy atom. The highest BCUT2D eigenvalue weighted by Gasteiger charge is 2.12. The van der Waals surface area contributed by atoms with Crippen molar-refractivity contribution in [1.29, 1.82) is 0 Å². The van der Waals surface area contributed by atoms with E-state index in [9.17, 15) is 0 Å². The van der Waals surface area contributed by atoms with Gasteiger partial charge < -0.3 is 15.4 Å². The quantitative estimate of drug-likeness (QED) is 0.798. The number of hydrogen-bond acceptors (Lipinski definition) is 3. The monoisotopic (exact) mass is 220 g/mol. The van der Waals surface area contributed by atoms with Crippen LogP contribution in [0.5, 0.6) is 5.75 Å². The van der Waals surface area contributed by atoms with E-state index in [0.717, 1.165) is 31.1 Å². The first-order valence-electron chi connectivity index (χ1n) is 6.08. The maximum atomic E-state index is 5.40. The SMILES string of the molecule is CCOc1ccc(NC[C@H]2CCCN2)cc1. The first-order valence-corrected chi connectivity index (χ1v) is 6.08. The van der Waals surface area contributed by atoms with Crippen molar-refractivity contribution < 1.29 is 4.74 Å². The molecule has 0 saturated carbocycles. The minimum absolute atomic E-state index is 0.631. The van der Waals surface area contributed by atoms with E-state index < -0.39 is 0 Å². The van der Waals surface area contributed by atoms with Crippen LogP contribution in [-0.2, 0) is 0 Å². The van der Waals surface area contributed by atoms with Gasteiger partial charge in [-0.05, 0) is 50.6 Å². The first kappa shape index (κ1) is 11.3. The molecule has 1 fully saturated rings. The Morgan fingerprint density at radius 1 is 1.38 bits per heavy atom. The number of benzene rings is 1. The summed E-state index contributed by atoms with van der Waals surface area (Å²) >= 11 is 0. The first-order chi connectivity index (χ1) is 7.88. The van der Waals surface area contributed by atoms with Gasteiger partial charge in [-0.3, -0.25) is 0 Å². The molecule has 0 unspecified atom stereocenters. The van der Waals surface area contributed by atoms with E-state index in [1.807, 2.05) is 19.1 Å². The van der Waals surface area contributed by atoms with E-state index in [-0.39, 0.29) is 0 Å². The second kappa shape index (κ2) is 5.75. The summed E-state index contributed by atoms with van der Waals surface area (Å²) in [5, 5.41) is 6.91. The van der Waals surface area contributed by atoms with Crippen molar-refractivity contribution in [2.75, 3.05) is 25.0 Å². The van der Waals surface area contributed by atoms with Crippen LogP contribution in [0.4, 0.5) is 5.69 Å². The Hall–Kier alpha value is -1.22. The van der Waals surface area contributed by atoms with Crippen LogP contribution in [0, 0.1) is 0 Å². The van der Waals surface area contributed by atoms with E-state index in [0.29, 0.717) is 6.04 Å². The Kier molecular flexibility index (Phi) is 4.05. The van der Waals surface area contributed by atoms with Gasteiger partial charge in [-0.15, -0.1) is 0 Å². The fourth-order valence-electron chi connectivity index (χ4n) is 2.01. The molecule has 2 N–H and O–H groups in total. The number of rotatable bonds is 5. The van der Waals surface area contributed by atoms with Crippen LogP contribution in [0.3, 0.4) is 0 Å². The molecule has 16 heavy (non-hydrogen) atoms. The van der Waals surface area contributed by atoms with Gasteiger partial charge in [-0.25, -0.2) is 0 Å². The third-order valence-corrected chi connectivity index (χ3v) is 2.88. The smallest absolute Gasteiger partial charge is 0.119 e. The molecule has 1 heterocycles. The predicted molar refractivity (Wildman–Crippen MR) is 67.1 cm³/mol. The van der Waals surface area contributed by atoms with Gasteiger partial charge in [-0.1, -0.05) is 0 Å². The summed E-state index contributed by atoms with van der Waals surface area (Å²) in [5.41, 5.74) is 1.16. The number of hydrogen-bond donors (Lipinski definition) is 2. The van der Waals surface area contributed by atoms with Crippen LogP contribution in [0.2, 0.25) is 0 Å². The van der Waals surface area contributed by atoms with E-state index in [2.05, 4.69) is 22.8 Å². The van der Waals surface area contributed by atoms with Crippen molar-refractivity contribution in [3.8, 4) is 5.75 Å². The van der Waals surface area contributed by atoms with Crippen LogP contribution in [0.15, 0.2) is 24.3 Å². The van der Waals surface area contributed by atoms with Crippen LogP contribution in [-0.4, -0.2) is 25.7 Å². The van der Waals surface area contributed by atoms with Gasteiger partial charge >= 0.3 is 0 Å². The maximum absolute atomic E-state index is 5.40. The summed E-state index contributed by atoms with van der Waals surface area (Å²) in [6.45, 7) is 4.89. The average molecular weight is 220 g/mol. The molecule has 1 aromatic carbocycles. The zero-order valence-corrected chi connectivity index (χ0v) is 9.83. The van der Waals surface area contributed by atoms with Gasteiger partial charge in [0, 0.05) is 18.3 Å². The highest BCUT2D eigenvalue weighted by Crippen LogP contribution is 2.16. The highest BCUT2D eigenvalue weighted by atomic mass is 16.5. The van der Waals surface area contributed by atoms with E-state index in [4.69, 9.17) is 4.74 Å². The van der Waals surface area contributed by atoms with Crippen molar-refractivity contribution >= 4 is 5.69 Å². The zero-order chi connectivity index (χ0) is 11.2. The lowest BCUT2D eigenvalue weighted by Crippen LogP contribution is -2.29. The molecule has 2 rings (SSSR count). The van der Waals surface area contributed by atoms with Crippen molar-refractivity contribution in [3.63, 3.8) is 0 Å². The number of ether oxygens (including phenoxy) is 1. The Bertz CT molecular complexity index is 304. The van der Waals surface area contributed by atoms with Crippen molar-refractivity contribution in [1.82, 2.24) is 5.32 Å². The standard InChI is InChI=1S/C13H20N2O/c1-2-16-13-7-5-11(6-8-13)15-10-12-4-3-9-14-12/h5-8,12,14-15H,2-4,9-10H2,1H3/t12-/m1/s1. The lowest BCUT2D eigenvalue weighted by molar-refractivity contribution is 0.340. The molecule has 0 aromatic heterocycles. The second-order valence-corrected chi connectivity index (χ2v) is 4.13. The Balaban J connectivity index is 1.80. The largest absolute Gasteiger partial charge is 0.494 e. The third kappa shape index (κ3) is 3.14. The molecule has 1 aliphatic heterocycles. The Morgan fingerprint density at radius 3 is 2.81 bits per heavy atom.